The maximum absolute atomic E-state index is 4.75. The summed E-state index contributed by atoms with van der Waals surface area (Å²) in [6.07, 6.45) is 10.4. The normalized spacial score (nSPS) is 18.1. The van der Waals surface area contributed by atoms with E-state index in [1.807, 2.05) is 0 Å². The number of hydrogen-bond acceptors (Lipinski definition) is 4. The lowest BCUT2D eigenvalue weighted by molar-refractivity contribution is 0.829. The molecule has 0 atom stereocenters. The Hall–Kier alpha value is -1.75. The van der Waals surface area contributed by atoms with E-state index >= 15 is 0 Å². The van der Waals surface area contributed by atoms with Crippen LogP contribution in [0.1, 0.15) is 31.7 Å². The van der Waals surface area contributed by atoms with E-state index in [2.05, 4.69) is 52.6 Å². The van der Waals surface area contributed by atoms with E-state index in [0.29, 0.717) is 0 Å². The van der Waals surface area contributed by atoms with Crippen LogP contribution in [-0.4, -0.2) is 20.2 Å². The van der Waals surface area contributed by atoms with Gasteiger partial charge in [0.1, 0.15) is 17.0 Å². The predicted molar refractivity (Wildman–Crippen MR) is 77.0 cm³/mol. The zero-order valence-corrected chi connectivity index (χ0v) is 11.9. The lowest BCUT2D eigenvalue weighted by Crippen LogP contribution is -2.08. The summed E-state index contributed by atoms with van der Waals surface area (Å²) in [6, 6.07) is 0. The molecule has 0 aliphatic heterocycles. The van der Waals surface area contributed by atoms with Gasteiger partial charge in [-0.3, -0.25) is 5.10 Å². The highest BCUT2D eigenvalue weighted by Crippen LogP contribution is 2.55. The second-order valence-corrected chi connectivity index (χ2v) is 5.56. The third-order valence-corrected chi connectivity index (χ3v) is 4.58. The number of thiazole rings is 1. The van der Waals surface area contributed by atoms with Crippen LogP contribution in [-0.2, 0) is 5.41 Å². The molecule has 1 fully saturated rings. The number of H-pyrrole nitrogens is 1. The van der Waals surface area contributed by atoms with Crippen LogP contribution in [0.2, 0.25) is 0 Å². The Morgan fingerprint density at radius 1 is 1.42 bits per heavy atom. The Balaban J connectivity index is 1.95. The highest BCUT2D eigenvalue weighted by molar-refractivity contribution is 7.10. The van der Waals surface area contributed by atoms with E-state index < -0.39 is 0 Å². The van der Waals surface area contributed by atoms with Crippen molar-refractivity contribution < 1.29 is 0 Å². The second-order valence-electron chi connectivity index (χ2n) is 4.70. The number of aromatic amines is 1. The van der Waals surface area contributed by atoms with Gasteiger partial charge in [-0.05, 0) is 32.3 Å². The second kappa shape index (κ2) is 4.74. The Morgan fingerprint density at radius 2 is 2.26 bits per heavy atom. The Labute approximate surface area is 116 Å². The number of nitrogens with one attached hydrogen (secondary N) is 1. The first-order chi connectivity index (χ1) is 9.30. The summed E-state index contributed by atoms with van der Waals surface area (Å²) in [4.78, 5) is 8.90. The van der Waals surface area contributed by atoms with Gasteiger partial charge in [-0.15, -0.1) is 11.3 Å². The molecule has 1 saturated carbocycles. The van der Waals surface area contributed by atoms with Gasteiger partial charge in [-0.25, -0.2) is 9.97 Å². The molecule has 0 aromatic carbocycles. The first-order valence-electron chi connectivity index (χ1n) is 6.41. The summed E-state index contributed by atoms with van der Waals surface area (Å²) >= 11 is 1.71. The van der Waals surface area contributed by atoms with Gasteiger partial charge in [-0.2, -0.15) is 5.10 Å². The molecule has 98 valence electrons. The first kappa shape index (κ1) is 12.3. The minimum atomic E-state index is 0.143. The number of rotatable bonds is 4. The summed E-state index contributed by atoms with van der Waals surface area (Å²) in [7, 11) is 0. The van der Waals surface area contributed by atoms with E-state index in [1.165, 1.54) is 29.7 Å². The molecule has 0 saturated heterocycles. The van der Waals surface area contributed by atoms with Gasteiger partial charge in [0.2, 0.25) is 0 Å². The van der Waals surface area contributed by atoms with Crippen molar-refractivity contribution in [3.63, 3.8) is 0 Å². The molecule has 2 aromatic rings. The summed E-state index contributed by atoms with van der Waals surface area (Å²) in [5.74, 6) is 0.742. The molecule has 0 spiro atoms. The standard InChI is InChI=1S/C14H16N4S/c1-3-5-10(4-2)14(6-7-14)13-17-11(8-19-13)12-15-9-16-18-12/h3-5,8-9H,6-7H2,1-2H3,(H,15,16,18)/b5-3-,10-4+. The monoisotopic (exact) mass is 272 g/mol. The van der Waals surface area contributed by atoms with Crippen molar-refractivity contribution in [2.75, 3.05) is 0 Å². The van der Waals surface area contributed by atoms with Crippen molar-refractivity contribution >= 4 is 11.3 Å². The van der Waals surface area contributed by atoms with E-state index in [-0.39, 0.29) is 5.41 Å². The topological polar surface area (TPSA) is 54.5 Å². The van der Waals surface area contributed by atoms with E-state index in [9.17, 15) is 0 Å². The highest BCUT2D eigenvalue weighted by atomic mass is 32.1. The molecular weight excluding hydrogens is 256 g/mol. The minimum absolute atomic E-state index is 0.143. The van der Waals surface area contributed by atoms with Gasteiger partial charge >= 0.3 is 0 Å². The molecule has 19 heavy (non-hydrogen) atoms. The average molecular weight is 272 g/mol. The third kappa shape index (κ3) is 2.04. The molecule has 0 unspecified atom stereocenters. The van der Waals surface area contributed by atoms with Crippen LogP contribution in [0.15, 0.2) is 35.5 Å². The predicted octanol–water partition coefficient (Wildman–Crippen LogP) is 3.48. The number of allylic oxidation sites excluding steroid dienone is 4. The molecule has 0 bridgehead atoms. The fourth-order valence-corrected chi connectivity index (χ4v) is 3.48. The molecule has 5 heteroatoms. The quantitative estimate of drug-likeness (QED) is 0.867. The Bertz CT molecular complexity index is 618. The van der Waals surface area contributed by atoms with Crippen LogP contribution in [0.4, 0.5) is 0 Å². The van der Waals surface area contributed by atoms with E-state index in [1.54, 1.807) is 11.3 Å². The molecule has 1 N–H and O–H groups in total. The van der Waals surface area contributed by atoms with Gasteiger partial charge in [0.15, 0.2) is 5.82 Å². The van der Waals surface area contributed by atoms with Crippen molar-refractivity contribution in [3.05, 3.63) is 40.5 Å². The van der Waals surface area contributed by atoms with Crippen molar-refractivity contribution in [2.45, 2.75) is 32.1 Å². The maximum atomic E-state index is 4.75. The van der Waals surface area contributed by atoms with Gasteiger partial charge in [0.05, 0.1) is 0 Å². The Morgan fingerprint density at radius 3 is 2.84 bits per heavy atom. The lowest BCUT2D eigenvalue weighted by atomic mass is 9.95. The van der Waals surface area contributed by atoms with Crippen LogP contribution in [0.5, 0.6) is 0 Å². The van der Waals surface area contributed by atoms with Crippen molar-refractivity contribution in [2.24, 2.45) is 0 Å². The van der Waals surface area contributed by atoms with Gasteiger partial charge in [-0.1, -0.05) is 18.2 Å². The van der Waals surface area contributed by atoms with Crippen LogP contribution in [0.25, 0.3) is 11.5 Å². The van der Waals surface area contributed by atoms with Crippen molar-refractivity contribution in [3.8, 4) is 11.5 Å². The number of nitrogens with zero attached hydrogens (tertiary/aromatic N) is 3. The molecule has 1 aliphatic carbocycles. The van der Waals surface area contributed by atoms with Crippen LogP contribution >= 0.6 is 11.3 Å². The molecule has 2 aromatic heterocycles. The molecular formula is C14H16N4S. The molecule has 3 rings (SSSR count). The minimum Gasteiger partial charge on any atom is -0.258 e. The van der Waals surface area contributed by atoms with Crippen molar-refractivity contribution in [1.82, 2.24) is 20.2 Å². The zero-order valence-electron chi connectivity index (χ0n) is 11.1. The largest absolute Gasteiger partial charge is 0.258 e. The number of aromatic nitrogens is 4. The van der Waals surface area contributed by atoms with Crippen LogP contribution < -0.4 is 0 Å². The molecule has 4 nitrogen and oxygen atoms in total. The molecule has 1 aliphatic rings. The summed E-state index contributed by atoms with van der Waals surface area (Å²) in [5, 5.41) is 9.97. The fraction of sp³-hybridized carbons (Fsp3) is 0.357. The molecule has 0 amide bonds. The Kier molecular flexibility index (Phi) is 3.06. The van der Waals surface area contributed by atoms with E-state index in [4.69, 9.17) is 4.98 Å². The van der Waals surface area contributed by atoms with Crippen LogP contribution in [0.3, 0.4) is 0 Å². The maximum Gasteiger partial charge on any atom is 0.174 e. The van der Waals surface area contributed by atoms with Gasteiger partial charge in [0, 0.05) is 10.8 Å². The van der Waals surface area contributed by atoms with Gasteiger partial charge < -0.3 is 0 Å². The third-order valence-electron chi connectivity index (χ3n) is 3.53. The number of hydrogen-bond donors (Lipinski definition) is 1. The smallest absolute Gasteiger partial charge is 0.174 e. The first-order valence-corrected chi connectivity index (χ1v) is 7.29. The average Bonchev–Trinajstić information content (AvgIpc) is 2.88. The fourth-order valence-electron chi connectivity index (χ4n) is 2.39. The summed E-state index contributed by atoms with van der Waals surface area (Å²) in [6.45, 7) is 4.15. The molecule has 2 heterocycles. The summed E-state index contributed by atoms with van der Waals surface area (Å²) in [5.41, 5.74) is 2.40. The van der Waals surface area contributed by atoms with Gasteiger partial charge in [0.25, 0.3) is 0 Å². The summed E-state index contributed by atoms with van der Waals surface area (Å²) < 4.78 is 0. The zero-order chi connectivity index (χ0) is 13.3. The van der Waals surface area contributed by atoms with Crippen LogP contribution in [0, 0.1) is 0 Å². The molecule has 0 radical (unpaired) electrons. The SMILES string of the molecule is C/C=C\C(=C/C)C1(c2nc(-c3ncn[nH]3)cs2)CC1. The van der Waals surface area contributed by atoms with Crippen molar-refractivity contribution in [1.29, 1.82) is 0 Å². The lowest BCUT2D eigenvalue weighted by Gasteiger charge is -2.13. The van der Waals surface area contributed by atoms with E-state index in [0.717, 1.165) is 11.5 Å². The highest BCUT2D eigenvalue weighted by Gasteiger charge is 2.48.